The van der Waals surface area contributed by atoms with Crippen molar-refractivity contribution in [3.63, 3.8) is 0 Å². The Morgan fingerprint density at radius 2 is 1.97 bits per heavy atom. The van der Waals surface area contributed by atoms with Gasteiger partial charge in [-0.2, -0.15) is 0 Å². The van der Waals surface area contributed by atoms with Gasteiger partial charge in [0.15, 0.2) is 0 Å². The van der Waals surface area contributed by atoms with Crippen LogP contribution in [0, 0.1) is 5.92 Å². The van der Waals surface area contributed by atoms with Crippen LogP contribution in [0.1, 0.15) is 32.6 Å². The molecule has 1 aromatic heterocycles. The summed E-state index contributed by atoms with van der Waals surface area (Å²) in [5, 5.41) is 13.1. The van der Waals surface area contributed by atoms with Crippen molar-refractivity contribution in [2.45, 2.75) is 49.6 Å². The third-order valence-corrected chi connectivity index (χ3v) is 7.97. The van der Waals surface area contributed by atoms with Crippen LogP contribution in [0.2, 0.25) is 0 Å². The predicted octanol–water partition coefficient (Wildman–Crippen LogP) is 1.36. The molecule has 4 rings (SSSR count). The Balaban J connectivity index is 1.38. The molecule has 2 aromatic rings. The summed E-state index contributed by atoms with van der Waals surface area (Å²) in [5.41, 5.74) is 0.650. The number of hydrogen-bond acceptors (Lipinski definition) is 7. The van der Waals surface area contributed by atoms with Gasteiger partial charge in [-0.3, -0.25) is 4.79 Å². The second-order valence-electron chi connectivity index (χ2n) is 8.70. The number of amides is 1. The number of fused-ring (bicyclic) bond motifs is 1. The predicted molar refractivity (Wildman–Crippen MR) is 125 cm³/mol. The third kappa shape index (κ3) is 5.31. The summed E-state index contributed by atoms with van der Waals surface area (Å²) in [4.78, 5) is 30.4. The lowest BCUT2D eigenvalue weighted by atomic mass is 9.85. The maximum atomic E-state index is 13.0. The highest BCUT2D eigenvalue weighted by Crippen LogP contribution is 2.28. The Kier molecular flexibility index (Phi) is 7.34. The first kappa shape index (κ1) is 24.4. The average Bonchev–Trinajstić information content (AvgIpc) is 2.83. The van der Waals surface area contributed by atoms with E-state index in [4.69, 9.17) is 4.74 Å². The van der Waals surface area contributed by atoms with Gasteiger partial charge in [0.2, 0.25) is 21.8 Å². The standard InChI is InChI=1S/C23H30N4O6S/c1-2-33-21-10-5-16-13-18(8-9-19(16)25-21)34(31,32)26-17-6-3-15(4-7-17)22(28)27-12-11-24-14-20(27)23(29)30/h5,8-10,13,15,17,20,24,26H,2-4,6-7,11-12,14H2,1H3,(H,29,30)/t15?,17?,20-/m1/s1. The number of nitrogens with zero attached hydrogens (tertiary/aromatic N) is 2. The summed E-state index contributed by atoms with van der Waals surface area (Å²) in [7, 11) is -3.74. The number of carbonyl (C=O) groups excluding carboxylic acids is 1. The first-order valence-electron chi connectivity index (χ1n) is 11.6. The van der Waals surface area contributed by atoms with Crippen molar-refractivity contribution in [2.24, 2.45) is 5.92 Å². The van der Waals surface area contributed by atoms with E-state index in [2.05, 4.69) is 15.0 Å². The van der Waals surface area contributed by atoms with E-state index in [0.29, 0.717) is 62.2 Å². The smallest absolute Gasteiger partial charge is 0.327 e. The van der Waals surface area contributed by atoms with Crippen LogP contribution in [0.3, 0.4) is 0 Å². The lowest BCUT2D eigenvalue weighted by Gasteiger charge is -2.37. The van der Waals surface area contributed by atoms with E-state index in [-0.39, 0.29) is 29.3 Å². The molecule has 11 heteroatoms. The fourth-order valence-electron chi connectivity index (χ4n) is 4.65. The number of carboxylic acids is 1. The second-order valence-corrected chi connectivity index (χ2v) is 10.4. The zero-order valence-electron chi connectivity index (χ0n) is 19.1. The zero-order chi connectivity index (χ0) is 24.3. The Bertz CT molecular complexity index is 1160. The molecule has 0 spiro atoms. The monoisotopic (exact) mass is 490 g/mol. The maximum absolute atomic E-state index is 13.0. The summed E-state index contributed by atoms with van der Waals surface area (Å²) in [5.74, 6) is -0.956. The molecule has 2 aliphatic rings. The summed E-state index contributed by atoms with van der Waals surface area (Å²) in [6, 6.07) is 7.13. The minimum absolute atomic E-state index is 0.149. The van der Waals surface area contributed by atoms with Gasteiger partial charge in [0.05, 0.1) is 17.0 Å². The molecule has 1 amide bonds. The molecule has 34 heavy (non-hydrogen) atoms. The molecule has 1 atom stereocenters. The molecule has 1 saturated heterocycles. The van der Waals surface area contributed by atoms with E-state index in [1.807, 2.05) is 6.92 Å². The van der Waals surface area contributed by atoms with Crippen LogP contribution in [0.5, 0.6) is 5.88 Å². The second kappa shape index (κ2) is 10.2. The van der Waals surface area contributed by atoms with Crippen LogP contribution in [-0.4, -0.2) is 73.6 Å². The van der Waals surface area contributed by atoms with Gasteiger partial charge in [-0.05, 0) is 56.9 Å². The van der Waals surface area contributed by atoms with Crippen molar-refractivity contribution in [2.75, 3.05) is 26.2 Å². The molecular weight excluding hydrogens is 460 g/mol. The van der Waals surface area contributed by atoms with Crippen molar-refractivity contribution in [1.29, 1.82) is 0 Å². The number of carboxylic acid groups (broad SMARTS) is 1. The maximum Gasteiger partial charge on any atom is 0.327 e. The number of aromatic nitrogens is 1. The summed E-state index contributed by atoms with van der Waals surface area (Å²) >= 11 is 0. The fourth-order valence-corrected chi connectivity index (χ4v) is 5.99. The number of hydrogen-bond donors (Lipinski definition) is 3. The van der Waals surface area contributed by atoms with Gasteiger partial charge in [-0.15, -0.1) is 0 Å². The van der Waals surface area contributed by atoms with E-state index < -0.39 is 22.0 Å². The first-order valence-corrected chi connectivity index (χ1v) is 13.1. The molecule has 1 aliphatic carbocycles. The van der Waals surface area contributed by atoms with Gasteiger partial charge < -0.3 is 20.1 Å². The molecule has 0 unspecified atom stereocenters. The zero-order valence-corrected chi connectivity index (χ0v) is 19.9. The molecule has 1 saturated carbocycles. The highest BCUT2D eigenvalue weighted by molar-refractivity contribution is 7.89. The lowest BCUT2D eigenvalue weighted by Crippen LogP contribution is -2.58. The minimum Gasteiger partial charge on any atom is -0.480 e. The van der Waals surface area contributed by atoms with Crippen molar-refractivity contribution in [1.82, 2.24) is 19.9 Å². The van der Waals surface area contributed by atoms with E-state index in [9.17, 15) is 23.1 Å². The SMILES string of the molecule is CCOc1ccc2cc(S(=O)(=O)NC3CCC(C(=O)N4CCNC[C@@H]4C(=O)O)CC3)ccc2n1. The molecule has 3 N–H and O–H groups in total. The molecule has 2 heterocycles. The first-order chi connectivity index (χ1) is 16.3. The normalized spacial score (nSPS) is 23.6. The highest BCUT2D eigenvalue weighted by atomic mass is 32.2. The summed E-state index contributed by atoms with van der Waals surface area (Å²) < 4.78 is 34.1. The number of aliphatic carboxylic acids is 1. The van der Waals surface area contributed by atoms with Gasteiger partial charge in [0.1, 0.15) is 6.04 Å². The fraction of sp³-hybridized carbons (Fsp3) is 0.522. The van der Waals surface area contributed by atoms with E-state index in [0.717, 1.165) is 0 Å². The van der Waals surface area contributed by atoms with E-state index in [1.165, 1.54) is 11.0 Å². The number of piperazine rings is 1. The van der Waals surface area contributed by atoms with Crippen LogP contribution in [0.4, 0.5) is 0 Å². The van der Waals surface area contributed by atoms with Crippen molar-refractivity contribution < 1.29 is 27.9 Å². The number of benzene rings is 1. The summed E-state index contributed by atoms with van der Waals surface area (Å²) in [6.07, 6.45) is 2.08. The molecular formula is C23H30N4O6S. The van der Waals surface area contributed by atoms with Gasteiger partial charge in [-0.1, -0.05) is 0 Å². The number of ether oxygens (including phenoxy) is 1. The molecule has 1 aliphatic heterocycles. The highest BCUT2D eigenvalue weighted by Gasteiger charge is 2.37. The van der Waals surface area contributed by atoms with Crippen molar-refractivity contribution >= 4 is 32.8 Å². The number of rotatable bonds is 7. The molecule has 0 radical (unpaired) electrons. The van der Waals surface area contributed by atoms with Gasteiger partial charge in [0.25, 0.3) is 0 Å². The minimum atomic E-state index is -3.74. The number of carbonyl (C=O) groups is 2. The third-order valence-electron chi connectivity index (χ3n) is 6.45. The quantitative estimate of drug-likeness (QED) is 0.529. The van der Waals surface area contributed by atoms with Crippen LogP contribution >= 0.6 is 0 Å². The van der Waals surface area contributed by atoms with Crippen LogP contribution in [0.25, 0.3) is 10.9 Å². The van der Waals surface area contributed by atoms with Gasteiger partial charge in [0, 0.05) is 43.0 Å². The van der Waals surface area contributed by atoms with Gasteiger partial charge in [-0.25, -0.2) is 22.9 Å². The van der Waals surface area contributed by atoms with Gasteiger partial charge >= 0.3 is 5.97 Å². The molecule has 184 valence electrons. The molecule has 1 aromatic carbocycles. The summed E-state index contributed by atoms with van der Waals surface area (Å²) in [6.45, 7) is 3.54. The van der Waals surface area contributed by atoms with E-state index in [1.54, 1.807) is 24.3 Å². The Labute approximate surface area is 198 Å². The topological polar surface area (TPSA) is 138 Å². The largest absolute Gasteiger partial charge is 0.480 e. The number of sulfonamides is 1. The molecule has 2 fully saturated rings. The Morgan fingerprint density at radius 1 is 1.21 bits per heavy atom. The van der Waals surface area contributed by atoms with Crippen molar-refractivity contribution in [3.05, 3.63) is 30.3 Å². The lowest BCUT2D eigenvalue weighted by molar-refractivity contribution is -0.153. The molecule has 10 nitrogen and oxygen atoms in total. The van der Waals surface area contributed by atoms with E-state index >= 15 is 0 Å². The average molecular weight is 491 g/mol. The van der Waals surface area contributed by atoms with Crippen molar-refractivity contribution in [3.8, 4) is 5.88 Å². The number of pyridine rings is 1. The van der Waals surface area contributed by atoms with Crippen LogP contribution in [0.15, 0.2) is 35.2 Å². The Hall–Kier alpha value is -2.76. The molecule has 0 bridgehead atoms. The number of nitrogens with one attached hydrogen (secondary N) is 2. The van der Waals surface area contributed by atoms with Crippen LogP contribution < -0.4 is 14.8 Å². The van der Waals surface area contributed by atoms with Crippen LogP contribution in [-0.2, 0) is 19.6 Å². The Morgan fingerprint density at radius 3 is 2.68 bits per heavy atom.